The summed E-state index contributed by atoms with van der Waals surface area (Å²) >= 11 is 0. The number of carbonyl (C=O) groups excluding carboxylic acids is 1. The minimum Gasteiger partial charge on any atom is -0.383 e. The highest BCUT2D eigenvalue weighted by Gasteiger charge is 2.31. The summed E-state index contributed by atoms with van der Waals surface area (Å²) in [6.45, 7) is 4.79. The molecule has 0 aromatic rings. The summed E-state index contributed by atoms with van der Waals surface area (Å²) in [5.74, 6) is 1.65. The van der Waals surface area contributed by atoms with Crippen molar-refractivity contribution >= 4 is 5.78 Å². The summed E-state index contributed by atoms with van der Waals surface area (Å²) in [5, 5.41) is 0. The first kappa shape index (κ1) is 12.7. The van der Waals surface area contributed by atoms with Crippen LogP contribution in [0.15, 0.2) is 0 Å². The third kappa shape index (κ3) is 3.58. The van der Waals surface area contributed by atoms with Crippen LogP contribution in [0.2, 0.25) is 0 Å². The molecule has 1 aliphatic carbocycles. The van der Waals surface area contributed by atoms with E-state index in [1.165, 1.54) is 6.42 Å². The molecule has 0 amide bonds. The van der Waals surface area contributed by atoms with E-state index in [0.717, 1.165) is 12.8 Å². The molecule has 0 saturated heterocycles. The maximum atomic E-state index is 12.0. The minimum absolute atomic E-state index is 0.161. The lowest BCUT2D eigenvalue weighted by Gasteiger charge is -2.31. The molecule has 1 fully saturated rings. The van der Waals surface area contributed by atoms with Gasteiger partial charge in [-0.05, 0) is 31.1 Å². The molecule has 3 nitrogen and oxygen atoms in total. The third-order valence-corrected chi connectivity index (χ3v) is 3.29. The Kier molecular flexibility index (Phi) is 4.74. The van der Waals surface area contributed by atoms with E-state index in [1.807, 2.05) is 0 Å². The van der Waals surface area contributed by atoms with Gasteiger partial charge in [-0.1, -0.05) is 13.8 Å². The molecule has 0 radical (unpaired) electrons. The first-order chi connectivity index (χ1) is 7.04. The van der Waals surface area contributed by atoms with E-state index in [0.29, 0.717) is 18.4 Å². The molecule has 0 heterocycles. The van der Waals surface area contributed by atoms with Gasteiger partial charge in [0.15, 0.2) is 5.78 Å². The van der Waals surface area contributed by atoms with Crippen molar-refractivity contribution in [3.8, 4) is 0 Å². The lowest BCUT2D eigenvalue weighted by atomic mass is 9.74. The summed E-state index contributed by atoms with van der Waals surface area (Å²) < 4.78 is 4.92. The predicted octanol–water partition coefficient (Wildman–Crippen LogP) is 1.60. The van der Waals surface area contributed by atoms with E-state index in [9.17, 15) is 4.79 Å². The highest BCUT2D eigenvalue weighted by molar-refractivity contribution is 5.86. The molecule has 0 aromatic heterocycles. The molecule has 1 rings (SSSR count). The van der Waals surface area contributed by atoms with Gasteiger partial charge in [-0.3, -0.25) is 4.79 Å². The number of rotatable bonds is 4. The maximum Gasteiger partial charge on any atom is 0.154 e. The lowest BCUT2D eigenvalue weighted by Crippen LogP contribution is -2.41. The number of carbonyl (C=O) groups is 1. The third-order valence-electron chi connectivity index (χ3n) is 3.29. The summed E-state index contributed by atoms with van der Waals surface area (Å²) in [7, 11) is 1.58. The van der Waals surface area contributed by atoms with Crippen LogP contribution in [-0.4, -0.2) is 25.5 Å². The normalized spacial score (nSPS) is 33.7. The zero-order valence-electron chi connectivity index (χ0n) is 10.0. The topological polar surface area (TPSA) is 52.3 Å². The van der Waals surface area contributed by atoms with Crippen LogP contribution in [0, 0.1) is 17.8 Å². The van der Waals surface area contributed by atoms with Gasteiger partial charge >= 0.3 is 0 Å². The quantitative estimate of drug-likeness (QED) is 0.771. The monoisotopic (exact) mass is 213 g/mol. The Balaban J connectivity index is 2.51. The summed E-state index contributed by atoms with van der Waals surface area (Å²) in [5.41, 5.74) is 5.77. The standard InChI is InChI=1S/C12H23NO2/c1-8-4-9(2)6-10(5-8)12(14)11(13)7-15-3/h8-11H,4-7,13H2,1-3H3. The number of ether oxygens (including phenoxy) is 1. The van der Waals surface area contributed by atoms with Crippen molar-refractivity contribution in [3.05, 3.63) is 0 Å². The maximum absolute atomic E-state index is 12.0. The van der Waals surface area contributed by atoms with Crippen molar-refractivity contribution in [3.63, 3.8) is 0 Å². The second-order valence-corrected chi connectivity index (χ2v) is 5.08. The van der Waals surface area contributed by atoms with Crippen LogP contribution in [0.4, 0.5) is 0 Å². The molecule has 0 aromatic carbocycles. The number of hydrogen-bond donors (Lipinski definition) is 1. The Morgan fingerprint density at radius 3 is 2.33 bits per heavy atom. The predicted molar refractivity (Wildman–Crippen MR) is 60.5 cm³/mol. The number of hydrogen-bond acceptors (Lipinski definition) is 3. The lowest BCUT2D eigenvalue weighted by molar-refractivity contribution is -0.127. The Labute approximate surface area is 92.4 Å². The molecule has 88 valence electrons. The molecular formula is C12H23NO2. The van der Waals surface area contributed by atoms with Crippen LogP contribution in [0.1, 0.15) is 33.1 Å². The van der Waals surface area contributed by atoms with Gasteiger partial charge in [0.05, 0.1) is 12.6 Å². The van der Waals surface area contributed by atoms with Crippen LogP contribution in [0.5, 0.6) is 0 Å². The number of Topliss-reactive ketones (excluding diaryl/α,β-unsaturated/α-hetero) is 1. The van der Waals surface area contributed by atoms with Crippen molar-refractivity contribution in [2.45, 2.75) is 39.2 Å². The van der Waals surface area contributed by atoms with Crippen molar-refractivity contribution in [2.24, 2.45) is 23.5 Å². The SMILES string of the molecule is COCC(N)C(=O)C1CC(C)CC(C)C1. The number of ketones is 1. The highest BCUT2D eigenvalue weighted by atomic mass is 16.5. The average molecular weight is 213 g/mol. The van der Waals surface area contributed by atoms with Crippen LogP contribution >= 0.6 is 0 Å². The van der Waals surface area contributed by atoms with Crippen LogP contribution in [0.25, 0.3) is 0 Å². The van der Waals surface area contributed by atoms with Gasteiger partial charge in [-0.2, -0.15) is 0 Å². The first-order valence-electron chi connectivity index (χ1n) is 5.82. The summed E-state index contributed by atoms with van der Waals surface area (Å²) in [6.07, 6.45) is 3.24. The van der Waals surface area contributed by atoms with Gasteiger partial charge in [-0.25, -0.2) is 0 Å². The Morgan fingerprint density at radius 2 is 1.87 bits per heavy atom. The van der Waals surface area contributed by atoms with Gasteiger partial charge in [0, 0.05) is 13.0 Å². The molecule has 2 N–H and O–H groups in total. The van der Waals surface area contributed by atoms with Crippen molar-refractivity contribution in [2.75, 3.05) is 13.7 Å². The highest BCUT2D eigenvalue weighted by Crippen LogP contribution is 2.33. The second-order valence-electron chi connectivity index (χ2n) is 5.08. The molecule has 0 aliphatic heterocycles. The van der Waals surface area contributed by atoms with E-state index in [-0.39, 0.29) is 11.7 Å². The Bertz CT molecular complexity index is 208. The number of methoxy groups -OCH3 is 1. The second kappa shape index (κ2) is 5.61. The largest absolute Gasteiger partial charge is 0.383 e. The van der Waals surface area contributed by atoms with Crippen molar-refractivity contribution in [1.82, 2.24) is 0 Å². The van der Waals surface area contributed by atoms with Gasteiger partial charge in [0.2, 0.25) is 0 Å². The molecule has 3 atom stereocenters. The van der Waals surface area contributed by atoms with Gasteiger partial charge in [0.25, 0.3) is 0 Å². The van der Waals surface area contributed by atoms with E-state index >= 15 is 0 Å². The minimum atomic E-state index is -0.433. The Hall–Kier alpha value is -0.410. The fraction of sp³-hybridized carbons (Fsp3) is 0.917. The fourth-order valence-electron chi connectivity index (χ4n) is 2.74. The summed E-state index contributed by atoms with van der Waals surface area (Å²) in [4.78, 5) is 12.0. The zero-order chi connectivity index (χ0) is 11.4. The van der Waals surface area contributed by atoms with Crippen LogP contribution < -0.4 is 5.73 Å². The van der Waals surface area contributed by atoms with Crippen molar-refractivity contribution in [1.29, 1.82) is 0 Å². The van der Waals surface area contributed by atoms with Gasteiger partial charge in [0.1, 0.15) is 0 Å². The van der Waals surface area contributed by atoms with Crippen LogP contribution in [0.3, 0.4) is 0 Å². The zero-order valence-corrected chi connectivity index (χ0v) is 10.0. The molecule has 1 saturated carbocycles. The van der Waals surface area contributed by atoms with E-state index in [2.05, 4.69) is 13.8 Å². The van der Waals surface area contributed by atoms with E-state index in [4.69, 9.17) is 10.5 Å². The average Bonchev–Trinajstić information content (AvgIpc) is 2.15. The molecule has 15 heavy (non-hydrogen) atoms. The van der Waals surface area contributed by atoms with E-state index in [1.54, 1.807) is 7.11 Å². The van der Waals surface area contributed by atoms with E-state index < -0.39 is 6.04 Å². The Morgan fingerprint density at radius 1 is 1.33 bits per heavy atom. The van der Waals surface area contributed by atoms with Crippen molar-refractivity contribution < 1.29 is 9.53 Å². The number of nitrogens with two attached hydrogens (primary N) is 1. The van der Waals surface area contributed by atoms with Crippen LogP contribution in [-0.2, 0) is 9.53 Å². The smallest absolute Gasteiger partial charge is 0.154 e. The molecule has 0 spiro atoms. The molecule has 3 heteroatoms. The molecule has 3 unspecified atom stereocenters. The first-order valence-corrected chi connectivity index (χ1v) is 5.82. The molecule has 1 aliphatic rings. The summed E-state index contributed by atoms with van der Waals surface area (Å²) in [6, 6.07) is -0.433. The van der Waals surface area contributed by atoms with Gasteiger partial charge < -0.3 is 10.5 Å². The molecule has 0 bridgehead atoms. The molecular weight excluding hydrogens is 190 g/mol. The fourth-order valence-corrected chi connectivity index (χ4v) is 2.74. The van der Waals surface area contributed by atoms with Gasteiger partial charge in [-0.15, -0.1) is 0 Å².